The maximum absolute atomic E-state index is 13.5. The van der Waals surface area contributed by atoms with E-state index in [-0.39, 0.29) is 35.7 Å². The van der Waals surface area contributed by atoms with Gasteiger partial charge in [0.25, 0.3) is 0 Å². The highest BCUT2D eigenvalue weighted by Gasteiger charge is 2.33. The second kappa shape index (κ2) is 8.81. The summed E-state index contributed by atoms with van der Waals surface area (Å²) in [7, 11) is -3.94. The SMILES string of the molecule is Cc1cccc(C(C)C)c1NC(=O)C1CCN(S(=O)(=O)c2ccc(F)c(F)c2)CC1. The van der Waals surface area contributed by atoms with Gasteiger partial charge in [0, 0.05) is 24.7 Å². The number of hydrogen-bond acceptors (Lipinski definition) is 3. The molecule has 1 aliphatic rings. The average molecular weight is 437 g/mol. The largest absolute Gasteiger partial charge is 0.325 e. The monoisotopic (exact) mass is 436 g/mol. The molecule has 0 atom stereocenters. The summed E-state index contributed by atoms with van der Waals surface area (Å²) in [5.41, 5.74) is 2.85. The number of sulfonamides is 1. The van der Waals surface area contributed by atoms with E-state index in [0.29, 0.717) is 18.9 Å². The number of carbonyl (C=O) groups excluding carboxylic acids is 1. The van der Waals surface area contributed by atoms with Gasteiger partial charge in [-0.1, -0.05) is 32.0 Å². The summed E-state index contributed by atoms with van der Waals surface area (Å²) in [5.74, 6) is -2.49. The van der Waals surface area contributed by atoms with Gasteiger partial charge in [0.05, 0.1) is 4.90 Å². The lowest BCUT2D eigenvalue weighted by atomic mass is 9.95. The fourth-order valence-corrected chi connectivity index (χ4v) is 5.19. The summed E-state index contributed by atoms with van der Waals surface area (Å²) >= 11 is 0. The van der Waals surface area contributed by atoms with Gasteiger partial charge in [-0.05, 0) is 55.0 Å². The number of nitrogens with zero attached hydrogens (tertiary/aromatic N) is 1. The van der Waals surface area contributed by atoms with Gasteiger partial charge in [0.1, 0.15) is 0 Å². The molecule has 5 nitrogen and oxygen atoms in total. The van der Waals surface area contributed by atoms with E-state index in [2.05, 4.69) is 19.2 Å². The number of amides is 1. The van der Waals surface area contributed by atoms with E-state index in [1.807, 2.05) is 25.1 Å². The van der Waals surface area contributed by atoms with Gasteiger partial charge in [0.15, 0.2) is 11.6 Å². The Balaban J connectivity index is 1.68. The molecule has 1 N–H and O–H groups in total. The van der Waals surface area contributed by atoms with Crippen molar-refractivity contribution in [1.29, 1.82) is 0 Å². The minimum atomic E-state index is -3.94. The topological polar surface area (TPSA) is 66.5 Å². The zero-order valence-corrected chi connectivity index (χ0v) is 18.1. The number of benzene rings is 2. The summed E-state index contributed by atoms with van der Waals surface area (Å²) in [5, 5.41) is 3.03. The predicted molar refractivity (Wildman–Crippen MR) is 112 cm³/mol. The first-order valence-electron chi connectivity index (χ1n) is 9.97. The van der Waals surface area contributed by atoms with E-state index >= 15 is 0 Å². The van der Waals surface area contributed by atoms with E-state index in [0.717, 1.165) is 28.9 Å². The van der Waals surface area contributed by atoms with Crippen molar-refractivity contribution in [2.45, 2.75) is 44.4 Å². The molecule has 0 bridgehead atoms. The van der Waals surface area contributed by atoms with Crippen molar-refractivity contribution < 1.29 is 22.0 Å². The van der Waals surface area contributed by atoms with E-state index in [1.165, 1.54) is 4.31 Å². The van der Waals surface area contributed by atoms with Crippen LogP contribution in [0.4, 0.5) is 14.5 Å². The molecular weight excluding hydrogens is 410 g/mol. The zero-order chi connectivity index (χ0) is 22.1. The quantitative estimate of drug-likeness (QED) is 0.754. The predicted octanol–water partition coefficient (Wildman–Crippen LogP) is 4.44. The van der Waals surface area contributed by atoms with Gasteiger partial charge in [-0.15, -0.1) is 0 Å². The highest BCUT2D eigenvalue weighted by atomic mass is 32.2. The van der Waals surface area contributed by atoms with Crippen molar-refractivity contribution in [3.8, 4) is 0 Å². The number of nitrogens with one attached hydrogen (secondary N) is 1. The molecule has 2 aromatic rings. The Morgan fingerprint density at radius 2 is 1.77 bits per heavy atom. The second-order valence-corrected chi connectivity index (χ2v) is 9.88. The first kappa shape index (κ1) is 22.4. The van der Waals surface area contributed by atoms with Gasteiger partial charge in [-0.25, -0.2) is 17.2 Å². The number of rotatable bonds is 5. The number of piperidine rings is 1. The summed E-state index contributed by atoms with van der Waals surface area (Å²) in [6, 6.07) is 8.44. The summed E-state index contributed by atoms with van der Waals surface area (Å²) in [6.45, 7) is 6.35. The number of aryl methyl sites for hydroxylation is 1. The smallest absolute Gasteiger partial charge is 0.243 e. The third-order valence-electron chi connectivity index (χ3n) is 5.53. The van der Waals surface area contributed by atoms with E-state index in [4.69, 9.17) is 0 Å². The fraction of sp³-hybridized carbons (Fsp3) is 0.409. The van der Waals surface area contributed by atoms with Crippen LogP contribution in [0.15, 0.2) is 41.3 Å². The van der Waals surface area contributed by atoms with Crippen molar-refractivity contribution in [2.24, 2.45) is 5.92 Å². The van der Waals surface area contributed by atoms with Gasteiger partial charge in [-0.2, -0.15) is 4.31 Å². The van der Waals surface area contributed by atoms with Crippen molar-refractivity contribution in [2.75, 3.05) is 18.4 Å². The van der Waals surface area contributed by atoms with Crippen LogP contribution in [0.3, 0.4) is 0 Å². The molecule has 0 spiro atoms. The molecule has 0 aliphatic carbocycles. The minimum Gasteiger partial charge on any atom is -0.325 e. The third-order valence-corrected chi connectivity index (χ3v) is 7.42. The average Bonchev–Trinajstić information content (AvgIpc) is 2.71. The Bertz CT molecular complexity index is 1050. The lowest BCUT2D eigenvalue weighted by Gasteiger charge is -2.31. The first-order valence-corrected chi connectivity index (χ1v) is 11.4. The van der Waals surface area contributed by atoms with Gasteiger partial charge in [0.2, 0.25) is 15.9 Å². The molecular formula is C22H26F2N2O3S. The minimum absolute atomic E-state index is 0.129. The van der Waals surface area contributed by atoms with Crippen LogP contribution in [0.25, 0.3) is 0 Å². The van der Waals surface area contributed by atoms with E-state index in [1.54, 1.807) is 0 Å². The van der Waals surface area contributed by atoms with Crippen LogP contribution in [-0.4, -0.2) is 31.7 Å². The lowest BCUT2D eigenvalue weighted by molar-refractivity contribution is -0.120. The maximum Gasteiger partial charge on any atom is 0.243 e. The van der Waals surface area contributed by atoms with Crippen LogP contribution in [0, 0.1) is 24.5 Å². The highest BCUT2D eigenvalue weighted by molar-refractivity contribution is 7.89. The maximum atomic E-state index is 13.5. The number of halogens is 2. The van der Waals surface area contributed by atoms with Crippen LogP contribution in [0.5, 0.6) is 0 Å². The van der Waals surface area contributed by atoms with Crippen LogP contribution in [-0.2, 0) is 14.8 Å². The Kier molecular flexibility index (Phi) is 6.57. The number of anilines is 1. The number of hydrogen-bond donors (Lipinski definition) is 1. The van der Waals surface area contributed by atoms with Gasteiger partial charge < -0.3 is 5.32 Å². The molecule has 0 unspecified atom stereocenters. The van der Waals surface area contributed by atoms with E-state index < -0.39 is 21.7 Å². The second-order valence-electron chi connectivity index (χ2n) is 7.94. The first-order chi connectivity index (χ1) is 14.1. The van der Waals surface area contributed by atoms with Gasteiger partial charge >= 0.3 is 0 Å². The van der Waals surface area contributed by atoms with Crippen LogP contribution in [0.1, 0.15) is 43.7 Å². The molecule has 1 fully saturated rings. The molecule has 162 valence electrons. The molecule has 30 heavy (non-hydrogen) atoms. The number of para-hydroxylation sites is 1. The summed E-state index contributed by atoms with van der Waals surface area (Å²) < 4.78 is 53.2. The molecule has 1 saturated heterocycles. The highest BCUT2D eigenvalue weighted by Crippen LogP contribution is 2.30. The molecule has 0 radical (unpaired) electrons. The Hall–Kier alpha value is -2.32. The fourth-order valence-electron chi connectivity index (χ4n) is 3.71. The summed E-state index contributed by atoms with van der Waals surface area (Å²) in [6.07, 6.45) is 0.718. The van der Waals surface area contributed by atoms with Crippen molar-refractivity contribution in [1.82, 2.24) is 4.31 Å². The van der Waals surface area contributed by atoms with Crippen molar-refractivity contribution >= 4 is 21.6 Å². The molecule has 0 saturated carbocycles. The van der Waals surface area contributed by atoms with Crippen molar-refractivity contribution in [3.63, 3.8) is 0 Å². The molecule has 3 rings (SSSR count). The molecule has 1 heterocycles. The van der Waals surface area contributed by atoms with Crippen LogP contribution < -0.4 is 5.32 Å². The van der Waals surface area contributed by atoms with Crippen LogP contribution >= 0.6 is 0 Å². The normalized spacial score (nSPS) is 16.1. The molecule has 2 aromatic carbocycles. The Morgan fingerprint density at radius 3 is 2.37 bits per heavy atom. The third kappa shape index (κ3) is 4.54. The summed E-state index contributed by atoms with van der Waals surface area (Å²) in [4.78, 5) is 12.5. The molecule has 1 amide bonds. The van der Waals surface area contributed by atoms with E-state index in [9.17, 15) is 22.0 Å². The van der Waals surface area contributed by atoms with Crippen LogP contribution in [0.2, 0.25) is 0 Å². The molecule has 8 heteroatoms. The standard InChI is InChI=1S/C22H26F2N2O3S/c1-14(2)18-6-4-5-15(3)21(18)25-22(27)16-9-11-26(12-10-16)30(28,29)17-7-8-19(23)20(24)13-17/h4-8,13-14,16H,9-12H2,1-3H3,(H,25,27). The number of carbonyl (C=O) groups is 1. The Labute approximate surface area is 176 Å². The molecule has 0 aromatic heterocycles. The molecule has 1 aliphatic heterocycles. The lowest BCUT2D eigenvalue weighted by Crippen LogP contribution is -2.41. The zero-order valence-electron chi connectivity index (χ0n) is 17.3. The van der Waals surface area contributed by atoms with Gasteiger partial charge in [-0.3, -0.25) is 4.79 Å². The van der Waals surface area contributed by atoms with Crippen molar-refractivity contribution in [3.05, 3.63) is 59.2 Å². The Morgan fingerprint density at radius 1 is 1.10 bits per heavy atom.